The van der Waals surface area contributed by atoms with Gasteiger partial charge >= 0.3 is 0 Å². The molecule has 0 aliphatic heterocycles. The first kappa shape index (κ1) is 40.4. The smallest absolute Gasteiger partial charge is 0.167 e. The van der Waals surface area contributed by atoms with Gasteiger partial charge in [0.2, 0.25) is 0 Å². The minimum Gasteiger partial charge on any atom is -0.352 e. The average Bonchev–Trinajstić information content (AvgIpc) is 2.99. The largest absolute Gasteiger partial charge is 0.352 e. The standard InChI is InChI=1S/C38H69BrO2/c1-3-5-7-9-11-13-15-17-19-21-23-25-27-29-31-33-35-40-38(37-39)41-36-34-32-30-28-26-24-22-20-18-16-14-12-10-8-6-4-2/h11-14,17-20,38H,3-10,15-16,21-37H2,1-2H3. The molecular formula is C38H69BrO2. The number of rotatable bonds is 33. The topological polar surface area (TPSA) is 18.5 Å². The molecular weight excluding hydrogens is 568 g/mol. The summed E-state index contributed by atoms with van der Waals surface area (Å²) in [6, 6.07) is 0. The first-order valence-corrected chi connectivity index (χ1v) is 18.9. The van der Waals surface area contributed by atoms with Gasteiger partial charge in [-0.15, -0.1) is 0 Å². The SMILES string of the molecule is CCCCCC=CCC=CCCCCCCCCOC(CBr)OCCCCCCCCC=CCC=CCCCCC. The summed E-state index contributed by atoms with van der Waals surface area (Å²) in [5.74, 6) is 0. The Hall–Kier alpha value is -0.640. The molecule has 240 valence electrons. The molecule has 0 unspecified atom stereocenters. The van der Waals surface area contributed by atoms with E-state index in [9.17, 15) is 0 Å². The van der Waals surface area contributed by atoms with Crippen LogP contribution in [0.2, 0.25) is 0 Å². The molecule has 0 heterocycles. The first-order valence-electron chi connectivity index (χ1n) is 17.7. The summed E-state index contributed by atoms with van der Waals surface area (Å²) in [5.41, 5.74) is 0. The zero-order valence-electron chi connectivity index (χ0n) is 27.5. The Bertz CT molecular complexity index is 545. The number of unbranched alkanes of at least 4 members (excludes halogenated alkanes) is 18. The van der Waals surface area contributed by atoms with Crippen LogP contribution in [0.1, 0.15) is 168 Å². The molecule has 0 saturated carbocycles. The molecule has 0 spiro atoms. The van der Waals surface area contributed by atoms with Crippen LogP contribution in [0.25, 0.3) is 0 Å². The fraction of sp³-hybridized carbons (Fsp3) is 0.789. The fourth-order valence-electron chi connectivity index (χ4n) is 4.75. The number of halogens is 1. The van der Waals surface area contributed by atoms with Gasteiger partial charge in [0, 0.05) is 13.2 Å². The first-order chi connectivity index (χ1) is 20.3. The van der Waals surface area contributed by atoms with Crippen molar-refractivity contribution < 1.29 is 9.47 Å². The molecule has 0 aromatic heterocycles. The van der Waals surface area contributed by atoms with E-state index in [4.69, 9.17) is 9.47 Å². The Morgan fingerprint density at radius 3 is 1.07 bits per heavy atom. The van der Waals surface area contributed by atoms with Crippen molar-refractivity contribution in [1.29, 1.82) is 0 Å². The van der Waals surface area contributed by atoms with Crippen molar-refractivity contribution in [3.05, 3.63) is 48.6 Å². The minimum atomic E-state index is -0.0917. The lowest BCUT2D eigenvalue weighted by Gasteiger charge is -2.16. The summed E-state index contributed by atoms with van der Waals surface area (Å²) >= 11 is 3.55. The van der Waals surface area contributed by atoms with Gasteiger partial charge in [-0.25, -0.2) is 0 Å². The number of hydrogen-bond acceptors (Lipinski definition) is 2. The maximum atomic E-state index is 5.94. The van der Waals surface area contributed by atoms with E-state index in [0.29, 0.717) is 0 Å². The van der Waals surface area contributed by atoms with Gasteiger partial charge in [-0.3, -0.25) is 0 Å². The van der Waals surface area contributed by atoms with E-state index in [-0.39, 0.29) is 6.29 Å². The van der Waals surface area contributed by atoms with Gasteiger partial charge in [0.05, 0.1) is 5.33 Å². The van der Waals surface area contributed by atoms with Crippen LogP contribution in [0.3, 0.4) is 0 Å². The van der Waals surface area contributed by atoms with Crippen molar-refractivity contribution >= 4 is 15.9 Å². The second kappa shape index (κ2) is 37.4. The van der Waals surface area contributed by atoms with Gasteiger partial charge in [0.25, 0.3) is 0 Å². The van der Waals surface area contributed by atoms with E-state index in [2.05, 4.69) is 78.4 Å². The molecule has 0 saturated heterocycles. The Morgan fingerprint density at radius 2 is 0.732 bits per heavy atom. The number of hydrogen-bond donors (Lipinski definition) is 0. The molecule has 0 radical (unpaired) electrons. The lowest BCUT2D eigenvalue weighted by Crippen LogP contribution is -2.20. The van der Waals surface area contributed by atoms with Crippen LogP contribution in [0.15, 0.2) is 48.6 Å². The van der Waals surface area contributed by atoms with E-state index < -0.39 is 0 Å². The van der Waals surface area contributed by atoms with Gasteiger partial charge in [-0.1, -0.05) is 155 Å². The van der Waals surface area contributed by atoms with Crippen LogP contribution in [0, 0.1) is 0 Å². The van der Waals surface area contributed by atoms with Gasteiger partial charge in [0.15, 0.2) is 6.29 Å². The van der Waals surface area contributed by atoms with Crippen molar-refractivity contribution in [1.82, 2.24) is 0 Å². The molecule has 0 rings (SSSR count). The van der Waals surface area contributed by atoms with Crippen LogP contribution in [0.4, 0.5) is 0 Å². The third kappa shape index (κ3) is 35.5. The highest BCUT2D eigenvalue weighted by Gasteiger charge is 2.07. The zero-order valence-corrected chi connectivity index (χ0v) is 29.1. The summed E-state index contributed by atoms with van der Waals surface area (Å²) < 4.78 is 11.9. The summed E-state index contributed by atoms with van der Waals surface area (Å²) in [4.78, 5) is 0. The predicted octanol–water partition coefficient (Wildman–Crippen LogP) is 13.4. The molecule has 0 atom stereocenters. The minimum absolute atomic E-state index is 0.0917. The molecule has 0 fully saturated rings. The van der Waals surface area contributed by atoms with Crippen molar-refractivity contribution in [3.8, 4) is 0 Å². The monoisotopic (exact) mass is 636 g/mol. The van der Waals surface area contributed by atoms with E-state index in [1.54, 1.807) is 0 Å². The molecule has 0 amide bonds. The number of alkyl halides is 1. The zero-order chi connectivity index (χ0) is 29.7. The van der Waals surface area contributed by atoms with Crippen molar-refractivity contribution in [2.45, 2.75) is 174 Å². The van der Waals surface area contributed by atoms with Gasteiger partial charge < -0.3 is 9.47 Å². The van der Waals surface area contributed by atoms with Crippen molar-refractivity contribution in [2.75, 3.05) is 18.5 Å². The predicted molar refractivity (Wildman–Crippen MR) is 188 cm³/mol. The van der Waals surface area contributed by atoms with Crippen LogP contribution in [0.5, 0.6) is 0 Å². The molecule has 41 heavy (non-hydrogen) atoms. The van der Waals surface area contributed by atoms with Crippen LogP contribution in [-0.4, -0.2) is 24.8 Å². The fourth-order valence-corrected chi connectivity index (χ4v) is 5.12. The molecule has 0 N–H and O–H groups in total. The highest BCUT2D eigenvalue weighted by Crippen LogP contribution is 2.11. The lowest BCUT2D eigenvalue weighted by atomic mass is 10.1. The van der Waals surface area contributed by atoms with E-state index in [0.717, 1.165) is 44.2 Å². The molecule has 0 aromatic rings. The molecule has 0 bridgehead atoms. The molecule has 0 aliphatic carbocycles. The lowest BCUT2D eigenvalue weighted by molar-refractivity contribution is -0.127. The number of allylic oxidation sites excluding steroid dienone is 8. The second-order valence-corrected chi connectivity index (χ2v) is 12.1. The molecule has 2 nitrogen and oxygen atoms in total. The quantitative estimate of drug-likeness (QED) is 0.0308. The van der Waals surface area contributed by atoms with Crippen LogP contribution < -0.4 is 0 Å². The summed E-state index contributed by atoms with van der Waals surface area (Å²) in [6.45, 7) is 6.15. The van der Waals surface area contributed by atoms with E-state index in [1.165, 1.54) is 128 Å². The Kier molecular flexibility index (Phi) is 36.8. The Balaban J connectivity index is 3.39. The van der Waals surface area contributed by atoms with Crippen molar-refractivity contribution in [2.24, 2.45) is 0 Å². The molecule has 3 heteroatoms. The third-order valence-electron chi connectivity index (χ3n) is 7.42. The molecule has 0 aliphatic rings. The summed E-state index contributed by atoms with van der Waals surface area (Å²) in [7, 11) is 0. The van der Waals surface area contributed by atoms with E-state index in [1.807, 2.05) is 0 Å². The maximum Gasteiger partial charge on any atom is 0.167 e. The normalized spacial score (nSPS) is 13.1. The highest BCUT2D eigenvalue weighted by molar-refractivity contribution is 9.09. The van der Waals surface area contributed by atoms with Gasteiger partial charge in [-0.05, 0) is 77.0 Å². The van der Waals surface area contributed by atoms with Crippen LogP contribution in [-0.2, 0) is 9.47 Å². The summed E-state index contributed by atoms with van der Waals surface area (Å²) in [5, 5.41) is 0.761. The number of ether oxygens (including phenoxy) is 2. The summed E-state index contributed by atoms with van der Waals surface area (Å²) in [6.07, 6.45) is 49.2. The molecule has 0 aromatic carbocycles. The van der Waals surface area contributed by atoms with Gasteiger partial charge in [-0.2, -0.15) is 0 Å². The highest BCUT2D eigenvalue weighted by atomic mass is 79.9. The van der Waals surface area contributed by atoms with Gasteiger partial charge in [0.1, 0.15) is 0 Å². The Labute approximate surface area is 266 Å². The third-order valence-corrected chi connectivity index (χ3v) is 7.95. The second-order valence-electron chi connectivity index (χ2n) is 11.5. The van der Waals surface area contributed by atoms with Crippen LogP contribution >= 0.6 is 15.9 Å². The van der Waals surface area contributed by atoms with Crippen molar-refractivity contribution in [3.63, 3.8) is 0 Å². The average molecular weight is 638 g/mol. The van der Waals surface area contributed by atoms with E-state index >= 15 is 0 Å². The maximum absolute atomic E-state index is 5.94. The Morgan fingerprint density at radius 1 is 0.415 bits per heavy atom.